The van der Waals surface area contributed by atoms with Crippen LogP contribution in [-0.4, -0.2) is 79.2 Å². The van der Waals surface area contributed by atoms with E-state index in [0.717, 1.165) is 16.7 Å². The zero-order valence-electron chi connectivity index (χ0n) is 25.9. The maximum Gasteiger partial charge on any atom is 0.231 e. The lowest BCUT2D eigenvalue weighted by Gasteiger charge is -2.49. The highest BCUT2D eigenvalue weighted by molar-refractivity contribution is 5.88. The average Bonchev–Trinajstić information content (AvgIpc) is 3.64. The fourth-order valence-corrected chi connectivity index (χ4v) is 7.26. The molecular formula is C36H41NO8. The Morgan fingerprint density at radius 1 is 0.711 bits per heavy atom. The summed E-state index contributed by atoms with van der Waals surface area (Å²) in [6.07, 6.45) is -2.94. The SMILES string of the molecule is CO[C@@H]1O[C@H]([C@H]2C(=O)N3[C@H]2[C@@H](OCc2ccccc2)[C@H](OCc2ccccc2)[C@H]3COCc2ccccc2)[C@H]2OC(C)(C)O[C@@H]12. The molecule has 0 spiro atoms. The van der Waals surface area contributed by atoms with Gasteiger partial charge in [0.15, 0.2) is 12.1 Å². The topological polar surface area (TPSA) is 84.9 Å². The van der Waals surface area contributed by atoms with Crippen LogP contribution >= 0.6 is 0 Å². The zero-order chi connectivity index (χ0) is 31.0. The number of amides is 1. The second-order valence-electron chi connectivity index (χ2n) is 12.6. The Morgan fingerprint density at radius 3 is 1.82 bits per heavy atom. The van der Waals surface area contributed by atoms with E-state index >= 15 is 0 Å². The Morgan fingerprint density at radius 2 is 1.24 bits per heavy atom. The Bertz CT molecular complexity index is 1420. The molecule has 4 heterocycles. The van der Waals surface area contributed by atoms with Crippen molar-refractivity contribution < 1.29 is 38.0 Å². The maximum atomic E-state index is 14.2. The number of hydrogen-bond acceptors (Lipinski definition) is 8. The van der Waals surface area contributed by atoms with E-state index in [2.05, 4.69) is 0 Å². The molecule has 0 N–H and O–H groups in total. The first-order valence-corrected chi connectivity index (χ1v) is 15.7. The second kappa shape index (κ2) is 12.9. The van der Waals surface area contributed by atoms with Crippen molar-refractivity contribution in [3.05, 3.63) is 108 Å². The first-order valence-electron chi connectivity index (χ1n) is 15.7. The number of carbonyl (C=O) groups excluding carboxylic acids is 1. The molecule has 0 aliphatic carbocycles. The van der Waals surface area contributed by atoms with Gasteiger partial charge in [-0.2, -0.15) is 0 Å². The lowest BCUT2D eigenvalue weighted by Crippen LogP contribution is -2.68. The fourth-order valence-electron chi connectivity index (χ4n) is 7.26. The number of β-lactam (4-membered cyclic amide) rings is 1. The molecule has 4 fully saturated rings. The molecule has 9 nitrogen and oxygen atoms in total. The van der Waals surface area contributed by atoms with Crippen LogP contribution < -0.4 is 0 Å². The Hall–Kier alpha value is -3.15. The minimum atomic E-state index is -0.811. The van der Waals surface area contributed by atoms with Gasteiger partial charge in [-0.3, -0.25) is 4.79 Å². The van der Waals surface area contributed by atoms with E-state index in [-0.39, 0.29) is 18.0 Å². The van der Waals surface area contributed by atoms with Crippen molar-refractivity contribution in [2.45, 2.75) is 88.3 Å². The van der Waals surface area contributed by atoms with Crippen LogP contribution in [0.4, 0.5) is 0 Å². The molecule has 0 aromatic heterocycles. The van der Waals surface area contributed by atoms with Gasteiger partial charge in [-0.1, -0.05) is 91.0 Å². The van der Waals surface area contributed by atoms with Crippen molar-refractivity contribution in [3.63, 3.8) is 0 Å². The lowest BCUT2D eigenvalue weighted by molar-refractivity contribution is -0.242. The van der Waals surface area contributed by atoms with Gasteiger partial charge in [-0.05, 0) is 30.5 Å². The molecule has 0 bridgehead atoms. The van der Waals surface area contributed by atoms with E-state index in [4.69, 9.17) is 33.2 Å². The van der Waals surface area contributed by atoms with E-state index in [1.165, 1.54) is 0 Å². The van der Waals surface area contributed by atoms with Crippen molar-refractivity contribution >= 4 is 5.91 Å². The molecule has 1 amide bonds. The van der Waals surface area contributed by atoms with Gasteiger partial charge >= 0.3 is 0 Å². The molecule has 9 heteroatoms. The summed E-state index contributed by atoms with van der Waals surface area (Å²) in [6.45, 7) is 5.24. The quantitative estimate of drug-likeness (QED) is 0.276. The fraction of sp³-hybridized carbons (Fsp3) is 0.472. The third-order valence-electron chi connectivity index (χ3n) is 9.23. The third kappa shape index (κ3) is 6.06. The Balaban J connectivity index is 1.18. The first-order chi connectivity index (χ1) is 21.9. The van der Waals surface area contributed by atoms with E-state index < -0.39 is 48.5 Å². The molecule has 7 rings (SSSR count). The van der Waals surface area contributed by atoms with Crippen LogP contribution in [-0.2, 0) is 57.8 Å². The summed E-state index contributed by atoms with van der Waals surface area (Å²) < 4.78 is 44.1. The molecular weight excluding hydrogens is 574 g/mol. The summed E-state index contributed by atoms with van der Waals surface area (Å²) in [4.78, 5) is 16.1. The van der Waals surface area contributed by atoms with Crippen LogP contribution in [0.25, 0.3) is 0 Å². The minimum absolute atomic E-state index is 0.0266. The summed E-state index contributed by atoms with van der Waals surface area (Å²) in [5.74, 6) is -1.35. The van der Waals surface area contributed by atoms with Crippen LogP contribution in [0.5, 0.6) is 0 Å². The van der Waals surface area contributed by atoms with E-state index in [1.54, 1.807) is 7.11 Å². The van der Waals surface area contributed by atoms with Gasteiger partial charge in [0.1, 0.15) is 30.5 Å². The van der Waals surface area contributed by atoms with Crippen molar-refractivity contribution in [3.8, 4) is 0 Å². The maximum absolute atomic E-state index is 14.2. The van der Waals surface area contributed by atoms with Crippen molar-refractivity contribution in [2.24, 2.45) is 5.92 Å². The van der Waals surface area contributed by atoms with E-state index in [0.29, 0.717) is 26.4 Å². The standard InChI is InChI=1S/C36H41NO8/c1-36(2)44-32-30(43-35(39-3)33(32)45-36)27-28-31(42-21-25-17-11-6-12-18-25)29(41-20-24-15-9-5-10-16-24)26(37(28)34(27)38)22-40-19-23-13-7-4-8-14-23/h4-18,26-33,35H,19-22H2,1-3H3/t26-,27+,28-,29-,30-,31-,32-,33-,35-/m1/s1. The van der Waals surface area contributed by atoms with E-state index in [1.807, 2.05) is 110 Å². The van der Waals surface area contributed by atoms with Gasteiger partial charge in [0.05, 0.1) is 44.4 Å². The van der Waals surface area contributed by atoms with Gasteiger partial charge < -0.3 is 38.1 Å². The van der Waals surface area contributed by atoms with Crippen molar-refractivity contribution in [1.82, 2.24) is 4.90 Å². The number of rotatable bonds is 12. The number of methoxy groups -OCH3 is 1. The zero-order valence-corrected chi connectivity index (χ0v) is 25.9. The highest BCUT2D eigenvalue weighted by Gasteiger charge is 2.70. The molecule has 4 saturated heterocycles. The van der Waals surface area contributed by atoms with Crippen LogP contribution in [0.1, 0.15) is 30.5 Å². The van der Waals surface area contributed by atoms with Gasteiger partial charge in [-0.25, -0.2) is 0 Å². The number of benzene rings is 3. The summed E-state index contributed by atoms with van der Waals surface area (Å²) in [7, 11) is 1.59. The summed E-state index contributed by atoms with van der Waals surface area (Å²) in [5, 5.41) is 0. The number of hydrogen-bond donors (Lipinski definition) is 0. The minimum Gasteiger partial charge on any atom is -0.375 e. The van der Waals surface area contributed by atoms with Crippen LogP contribution in [0, 0.1) is 5.92 Å². The van der Waals surface area contributed by atoms with Crippen LogP contribution in [0.3, 0.4) is 0 Å². The predicted octanol–water partition coefficient (Wildman–Crippen LogP) is 4.47. The lowest BCUT2D eigenvalue weighted by atomic mass is 9.79. The molecule has 4 aliphatic heterocycles. The molecule has 45 heavy (non-hydrogen) atoms. The predicted molar refractivity (Wildman–Crippen MR) is 164 cm³/mol. The Labute approximate surface area is 264 Å². The van der Waals surface area contributed by atoms with Gasteiger partial charge in [0.25, 0.3) is 0 Å². The van der Waals surface area contributed by atoms with Crippen molar-refractivity contribution in [2.75, 3.05) is 13.7 Å². The van der Waals surface area contributed by atoms with Gasteiger partial charge in [-0.15, -0.1) is 0 Å². The number of ether oxygens (including phenoxy) is 7. The molecule has 238 valence electrons. The molecule has 4 aliphatic rings. The largest absolute Gasteiger partial charge is 0.375 e. The smallest absolute Gasteiger partial charge is 0.231 e. The monoisotopic (exact) mass is 615 g/mol. The summed E-state index contributed by atoms with van der Waals surface area (Å²) in [6, 6.07) is 29.5. The van der Waals surface area contributed by atoms with E-state index in [9.17, 15) is 4.79 Å². The molecule has 0 saturated carbocycles. The van der Waals surface area contributed by atoms with Crippen LogP contribution in [0.15, 0.2) is 91.0 Å². The average molecular weight is 616 g/mol. The Kier molecular flexibility index (Phi) is 8.76. The molecule has 9 atom stereocenters. The summed E-state index contributed by atoms with van der Waals surface area (Å²) in [5.41, 5.74) is 3.15. The normalized spacial score (nSPS) is 33.2. The van der Waals surface area contributed by atoms with Gasteiger partial charge in [0.2, 0.25) is 5.91 Å². The number of fused-ring (bicyclic) bond motifs is 2. The molecule has 3 aromatic carbocycles. The van der Waals surface area contributed by atoms with Crippen LogP contribution in [0.2, 0.25) is 0 Å². The molecule has 0 unspecified atom stereocenters. The summed E-state index contributed by atoms with van der Waals surface area (Å²) >= 11 is 0. The highest BCUT2D eigenvalue weighted by Crippen LogP contribution is 2.50. The number of nitrogens with zero attached hydrogens (tertiary/aromatic N) is 1. The third-order valence-corrected chi connectivity index (χ3v) is 9.23. The first kappa shape index (κ1) is 30.5. The molecule has 3 aromatic rings. The second-order valence-corrected chi connectivity index (χ2v) is 12.6. The van der Waals surface area contributed by atoms with Crippen molar-refractivity contribution in [1.29, 1.82) is 0 Å². The van der Waals surface area contributed by atoms with Gasteiger partial charge in [0, 0.05) is 7.11 Å². The highest BCUT2D eigenvalue weighted by atomic mass is 16.8. The number of carbonyl (C=O) groups is 1. The molecule has 0 radical (unpaired) electrons.